The summed E-state index contributed by atoms with van der Waals surface area (Å²) in [5, 5.41) is 2.57. The molecule has 5 rings (SSSR count). The summed E-state index contributed by atoms with van der Waals surface area (Å²) >= 11 is 0. The molecule has 1 aromatic carbocycles. The van der Waals surface area contributed by atoms with Gasteiger partial charge in [-0.2, -0.15) is 4.39 Å². The minimum Gasteiger partial charge on any atom is -0.337 e. The van der Waals surface area contributed by atoms with Gasteiger partial charge in [0.25, 0.3) is 0 Å². The lowest BCUT2D eigenvalue weighted by Gasteiger charge is -2.17. The summed E-state index contributed by atoms with van der Waals surface area (Å²) in [5.41, 5.74) is 2.89. The number of benzene rings is 1. The van der Waals surface area contributed by atoms with Gasteiger partial charge in [0.15, 0.2) is 5.65 Å². The van der Waals surface area contributed by atoms with E-state index in [1.54, 1.807) is 30.5 Å². The van der Waals surface area contributed by atoms with Crippen LogP contribution in [0.3, 0.4) is 0 Å². The predicted octanol–water partition coefficient (Wildman–Crippen LogP) is 5.74. The highest BCUT2D eigenvalue weighted by Crippen LogP contribution is 2.36. The van der Waals surface area contributed by atoms with Crippen molar-refractivity contribution in [3.8, 4) is 22.5 Å². The van der Waals surface area contributed by atoms with E-state index in [1.807, 2.05) is 0 Å². The van der Waals surface area contributed by atoms with Crippen LogP contribution >= 0.6 is 0 Å². The number of fused-ring (bicyclic) bond motifs is 1. The number of aromatic amines is 1. The number of carbonyl (C=O) groups excluding carboxylic acids is 1. The van der Waals surface area contributed by atoms with E-state index >= 15 is 0 Å². The number of carbonyl (C=O) groups is 1. The Hall–Kier alpha value is -4.67. The summed E-state index contributed by atoms with van der Waals surface area (Å²) in [4.78, 5) is 32.6. The molecular weight excluding hydrogens is 488 g/mol. The smallest absolute Gasteiger partial charge is 0.239 e. The molecule has 2 N–H and O–H groups in total. The molecule has 0 aliphatic rings. The van der Waals surface area contributed by atoms with Crippen LogP contribution in [0.15, 0.2) is 73.2 Å². The minimum absolute atomic E-state index is 0.0987. The number of halogens is 4. The molecule has 0 aliphatic carbocycles. The van der Waals surface area contributed by atoms with Gasteiger partial charge in [-0.25, -0.2) is 28.1 Å². The molecular formula is C26H18F4N6O. The first-order chi connectivity index (χ1) is 17.9. The molecule has 0 radical (unpaired) electrons. The zero-order valence-electron chi connectivity index (χ0n) is 19.0. The van der Waals surface area contributed by atoms with Crippen molar-refractivity contribution >= 4 is 22.9 Å². The van der Waals surface area contributed by atoms with Crippen LogP contribution in [0.4, 0.5) is 23.4 Å². The molecule has 186 valence electrons. The van der Waals surface area contributed by atoms with Gasteiger partial charge in [0, 0.05) is 24.4 Å². The standard InChI is InChI=1S/C26H18F4N6O/c27-16-6-4-14(5-7-16)17(12-19(28)29)26(37)35-21-11-15(8-10-32-21)23-22(18-3-1-2-9-31-18)24-25(36-23)33-13-20(30)34-24/h1-11,13,17,19H,12H2,(H,33,36)(H,32,35,37)/t17-/m0/s1. The number of H-pyrrole nitrogens is 1. The Morgan fingerprint density at radius 2 is 1.78 bits per heavy atom. The monoisotopic (exact) mass is 506 g/mol. The van der Waals surface area contributed by atoms with E-state index in [0.29, 0.717) is 28.2 Å². The van der Waals surface area contributed by atoms with Crippen molar-refractivity contribution < 1.29 is 22.4 Å². The van der Waals surface area contributed by atoms with Crippen LogP contribution in [0.5, 0.6) is 0 Å². The molecule has 5 aromatic rings. The summed E-state index contributed by atoms with van der Waals surface area (Å²) in [7, 11) is 0. The summed E-state index contributed by atoms with van der Waals surface area (Å²) in [6, 6.07) is 13.3. The number of rotatable bonds is 7. The fraction of sp³-hybridized carbons (Fsp3) is 0.115. The first-order valence-corrected chi connectivity index (χ1v) is 11.2. The molecule has 0 bridgehead atoms. The minimum atomic E-state index is -2.76. The number of nitrogens with zero attached hydrogens (tertiary/aromatic N) is 4. The van der Waals surface area contributed by atoms with Gasteiger partial charge in [-0.05, 0) is 42.0 Å². The second kappa shape index (κ2) is 10.1. The third kappa shape index (κ3) is 5.15. The van der Waals surface area contributed by atoms with E-state index in [9.17, 15) is 22.4 Å². The van der Waals surface area contributed by atoms with E-state index < -0.39 is 36.4 Å². The maximum absolute atomic E-state index is 13.9. The van der Waals surface area contributed by atoms with E-state index in [1.165, 1.54) is 24.4 Å². The van der Waals surface area contributed by atoms with Gasteiger partial charge in [0.1, 0.15) is 17.2 Å². The number of anilines is 1. The van der Waals surface area contributed by atoms with E-state index in [2.05, 4.69) is 30.2 Å². The van der Waals surface area contributed by atoms with Gasteiger partial charge in [0.2, 0.25) is 18.3 Å². The zero-order chi connectivity index (χ0) is 25.9. The number of hydrogen-bond acceptors (Lipinski definition) is 5. The molecule has 1 amide bonds. The molecule has 0 fully saturated rings. The number of nitrogens with one attached hydrogen (secondary N) is 2. The van der Waals surface area contributed by atoms with Crippen LogP contribution < -0.4 is 5.32 Å². The molecule has 0 spiro atoms. The van der Waals surface area contributed by atoms with Crippen molar-refractivity contribution in [1.82, 2.24) is 24.9 Å². The molecule has 0 saturated carbocycles. The normalized spacial score (nSPS) is 12.1. The Bertz CT molecular complexity index is 1560. The van der Waals surface area contributed by atoms with Crippen LogP contribution in [-0.4, -0.2) is 37.3 Å². The van der Waals surface area contributed by atoms with Gasteiger partial charge in [-0.15, -0.1) is 0 Å². The summed E-state index contributed by atoms with van der Waals surface area (Å²) < 4.78 is 53.8. The van der Waals surface area contributed by atoms with Crippen LogP contribution in [0.2, 0.25) is 0 Å². The number of pyridine rings is 2. The van der Waals surface area contributed by atoms with Crippen LogP contribution in [0.1, 0.15) is 17.9 Å². The molecule has 11 heteroatoms. The first kappa shape index (κ1) is 24.0. The fourth-order valence-corrected chi connectivity index (χ4v) is 4.04. The first-order valence-electron chi connectivity index (χ1n) is 11.2. The Morgan fingerprint density at radius 3 is 2.51 bits per heavy atom. The van der Waals surface area contributed by atoms with Crippen molar-refractivity contribution in [3.63, 3.8) is 0 Å². The zero-order valence-corrected chi connectivity index (χ0v) is 19.0. The second-order valence-corrected chi connectivity index (χ2v) is 8.13. The molecule has 0 aliphatic heterocycles. The van der Waals surface area contributed by atoms with Crippen molar-refractivity contribution in [1.29, 1.82) is 0 Å². The topological polar surface area (TPSA) is 96.5 Å². The largest absolute Gasteiger partial charge is 0.337 e. The Balaban J connectivity index is 1.52. The van der Waals surface area contributed by atoms with Crippen LogP contribution in [-0.2, 0) is 4.79 Å². The SMILES string of the molecule is O=C(Nc1cc(-c2[nH]c3ncc(F)nc3c2-c2ccccn2)ccn1)[C@@H](CC(F)F)c1ccc(F)cc1. The van der Waals surface area contributed by atoms with Crippen molar-refractivity contribution in [2.45, 2.75) is 18.8 Å². The van der Waals surface area contributed by atoms with Gasteiger partial charge in [-0.1, -0.05) is 18.2 Å². The Kier molecular flexibility index (Phi) is 6.59. The Morgan fingerprint density at radius 1 is 0.973 bits per heavy atom. The van der Waals surface area contributed by atoms with E-state index in [4.69, 9.17) is 0 Å². The van der Waals surface area contributed by atoms with Crippen molar-refractivity contribution in [2.24, 2.45) is 0 Å². The van der Waals surface area contributed by atoms with Crippen LogP contribution in [0, 0.1) is 11.8 Å². The lowest BCUT2D eigenvalue weighted by atomic mass is 9.95. The highest BCUT2D eigenvalue weighted by molar-refractivity contribution is 6.00. The third-order valence-corrected chi connectivity index (χ3v) is 5.70. The molecule has 4 heterocycles. The van der Waals surface area contributed by atoms with Crippen LogP contribution in [0.25, 0.3) is 33.7 Å². The van der Waals surface area contributed by atoms with Gasteiger partial charge >= 0.3 is 0 Å². The summed E-state index contributed by atoms with van der Waals surface area (Å²) in [5.74, 6) is -3.14. The van der Waals surface area contributed by atoms with E-state index in [-0.39, 0.29) is 16.9 Å². The molecule has 0 saturated heterocycles. The molecule has 4 aromatic heterocycles. The number of hydrogen-bond donors (Lipinski definition) is 2. The lowest BCUT2D eigenvalue weighted by molar-refractivity contribution is -0.118. The highest BCUT2D eigenvalue weighted by atomic mass is 19.3. The quantitative estimate of drug-likeness (QED) is 0.275. The predicted molar refractivity (Wildman–Crippen MR) is 129 cm³/mol. The van der Waals surface area contributed by atoms with Crippen molar-refractivity contribution in [3.05, 3.63) is 90.5 Å². The average molecular weight is 506 g/mol. The number of alkyl halides is 2. The number of aromatic nitrogens is 5. The van der Waals surface area contributed by atoms with Gasteiger partial charge < -0.3 is 10.3 Å². The number of amides is 1. The molecule has 0 unspecified atom stereocenters. The summed E-state index contributed by atoms with van der Waals surface area (Å²) in [6.07, 6.45) is 0.502. The van der Waals surface area contributed by atoms with Crippen molar-refractivity contribution in [2.75, 3.05) is 5.32 Å². The molecule has 1 atom stereocenters. The fourth-order valence-electron chi connectivity index (χ4n) is 4.04. The molecule has 7 nitrogen and oxygen atoms in total. The second-order valence-electron chi connectivity index (χ2n) is 8.13. The maximum atomic E-state index is 13.9. The van der Waals surface area contributed by atoms with Gasteiger partial charge in [-0.3, -0.25) is 9.78 Å². The average Bonchev–Trinajstić information content (AvgIpc) is 3.27. The summed E-state index contributed by atoms with van der Waals surface area (Å²) in [6.45, 7) is 0. The maximum Gasteiger partial charge on any atom is 0.239 e. The van der Waals surface area contributed by atoms with Gasteiger partial charge in [0.05, 0.1) is 29.1 Å². The highest BCUT2D eigenvalue weighted by Gasteiger charge is 2.26. The molecule has 37 heavy (non-hydrogen) atoms. The van der Waals surface area contributed by atoms with E-state index in [0.717, 1.165) is 18.3 Å². The lowest BCUT2D eigenvalue weighted by Crippen LogP contribution is -2.23. The third-order valence-electron chi connectivity index (χ3n) is 5.70. The Labute approximate surface area is 207 Å².